The summed E-state index contributed by atoms with van der Waals surface area (Å²) in [5.41, 5.74) is 0.726. The lowest BCUT2D eigenvalue weighted by atomic mass is 10.4. The van der Waals surface area contributed by atoms with Crippen molar-refractivity contribution in [2.75, 3.05) is 0 Å². The second kappa shape index (κ2) is 2.76. The number of thiocarbonyl (C=S) groups is 1. The number of rotatable bonds is 1. The number of H-pyrrole nitrogens is 1. The molecule has 1 aliphatic heterocycles. The highest BCUT2D eigenvalue weighted by Crippen LogP contribution is 2.13. The number of aromatic nitrogens is 1. The Bertz CT molecular complexity index is 392. The van der Waals surface area contributed by atoms with Crippen molar-refractivity contribution in [3.05, 3.63) is 23.0 Å². The molecule has 0 atom stereocenters. The highest BCUT2D eigenvalue weighted by atomic mass is 35.5. The first kappa shape index (κ1) is 7.57. The molecule has 0 saturated heterocycles. The highest BCUT2D eigenvalue weighted by molar-refractivity contribution is 7.80. The molecule has 1 aromatic heterocycles. The third-order valence-corrected chi connectivity index (χ3v) is 1.71. The van der Waals surface area contributed by atoms with E-state index in [1.807, 2.05) is 0 Å². The van der Waals surface area contributed by atoms with E-state index >= 15 is 0 Å². The lowest BCUT2D eigenvalue weighted by Gasteiger charge is -1.86. The zero-order valence-electron chi connectivity index (χ0n) is 5.78. The molecule has 0 aliphatic carbocycles. The predicted molar refractivity (Wildman–Crippen MR) is 49.8 cm³/mol. The molecule has 1 N–H and O–H groups in total. The Morgan fingerprint density at radius 2 is 2.25 bits per heavy atom. The summed E-state index contributed by atoms with van der Waals surface area (Å²) in [4.78, 5) is 6.79. The predicted octanol–water partition coefficient (Wildman–Crippen LogP) is 2.17. The summed E-state index contributed by atoms with van der Waals surface area (Å²) in [6.07, 6.45) is 1.65. The van der Waals surface area contributed by atoms with Gasteiger partial charge < -0.3 is 4.98 Å². The summed E-state index contributed by atoms with van der Waals surface area (Å²) < 4.78 is 0. The molecule has 1 aliphatic rings. The Labute approximate surface area is 78.4 Å². The molecule has 2 heterocycles. The maximum atomic E-state index is 5.68. The van der Waals surface area contributed by atoms with Crippen LogP contribution in [-0.2, 0) is 0 Å². The van der Waals surface area contributed by atoms with E-state index in [2.05, 4.69) is 20.2 Å². The maximum absolute atomic E-state index is 5.68. The molecular weight excluding hydrogens is 196 g/mol. The summed E-state index contributed by atoms with van der Waals surface area (Å²) in [6, 6.07) is 1.72. The fraction of sp³-hybridized carbons (Fsp3) is 0. The minimum absolute atomic E-state index is 0.246. The zero-order chi connectivity index (χ0) is 8.55. The van der Waals surface area contributed by atoms with Gasteiger partial charge in [-0.05, 0) is 18.3 Å². The van der Waals surface area contributed by atoms with Gasteiger partial charge in [-0.2, -0.15) is 4.99 Å². The molecular formula is C6H3ClN4S. The lowest BCUT2D eigenvalue weighted by Crippen LogP contribution is -1.93. The smallest absolute Gasteiger partial charge is 0.242 e. The van der Waals surface area contributed by atoms with Crippen LogP contribution in [-0.4, -0.2) is 15.9 Å². The number of aromatic amines is 1. The average molecular weight is 199 g/mol. The molecule has 60 valence electrons. The van der Waals surface area contributed by atoms with E-state index in [4.69, 9.17) is 23.8 Å². The molecule has 0 spiro atoms. The Balaban J connectivity index is 2.39. The number of amidine groups is 1. The number of aliphatic imine (C=N–C) groups is 1. The van der Waals surface area contributed by atoms with Gasteiger partial charge in [0.1, 0.15) is 0 Å². The molecule has 12 heavy (non-hydrogen) atoms. The quantitative estimate of drug-likeness (QED) is 0.691. The molecule has 2 rings (SSSR count). The summed E-state index contributed by atoms with van der Waals surface area (Å²) in [5, 5.41) is 8.19. The van der Waals surface area contributed by atoms with Crippen LogP contribution < -0.4 is 0 Å². The van der Waals surface area contributed by atoms with Crippen molar-refractivity contribution in [1.82, 2.24) is 4.98 Å². The van der Waals surface area contributed by atoms with Crippen LogP contribution in [0.4, 0.5) is 0 Å². The molecule has 0 bridgehead atoms. The molecule has 0 amide bonds. The summed E-state index contributed by atoms with van der Waals surface area (Å²) >= 11 is 10.4. The van der Waals surface area contributed by atoms with Crippen molar-refractivity contribution in [1.29, 1.82) is 0 Å². The number of nitrogens with one attached hydrogen (secondary N) is 1. The van der Waals surface area contributed by atoms with E-state index < -0.39 is 0 Å². The second-order valence-electron chi connectivity index (χ2n) is 2.15. The van der Waals surface area contributed by atoms with Crippen molar-refractivity contribution in [2.45, 2.75) is 0 Å². The number of hydrogen-bond acceptors (Lipinski definition) is 2. The standard InChI is InChI=1S/C6H3ClN4S/c7-3-1-4(8-2-3)5-9-6(12)11-10-5/h1-2,8H. The van der Waals surface area contributed by atoms with Crippen LogP contribution >= 0.6 is 23.8 Å². The Morgan fingerprint density at radius 1 is 1.42 bits per heavy atom. The Kier molecular flexibility index (Phi) is 1.74. The molecule has 0 saturated carbocycles. The topological polar surface area (TPSA) is 52.9 Å². The number of azo groups is 1. The molecule has 0 aromatic carbocycles. The van der Waals surface area contributed by atoms with Gasteiger partial charge in [0.25, 0.3) is 0 Å². The fourth-order valence-corrected chi connectivity index (χ4v) is 1.13. The number of hydrogen-bond donors (Lipinski definition) is 1. The summed E-state index contributed by atoms with van der Waals surface area (Å²) in [6.45, 7) is 0. The Morgan fingerprint density at radius 3 is 2.75 bits per heavy atom. The van der Waals surface area contributed by atoms with Crippen molar-refractivity contribution in [3.8, 4) is 0 Å². The van der Waals surface area contributed by atoms with Crippen LogP contribution in [0.3, 0.4) is 0 Å². The van der Waals surface area contributed by atoms with E-state index in [0.29, 0.717) is 10.9 Å². The molecule has 4 nitrogen and oxygen atoms in total. The van der Waals surface area contributed by atoms with Crippen molar-refractivity contribution >= 4 is 34.8 Å². The van der Waals surface area contributed by atoms with Gasteiger partial charge in [0, 0.05) is 6.20 Å². The van der Waals surface area contributed by atoms with Crippen molar-refractivity contribution < 1.29 is 0 Å². The van der Waals surface area contributed by atoms with Gasteiger partial charge in [0.05, 0.1) is 10.7 Å². The van der Waals surface area contributed by atoms with Crippen LogP contribution in [0.5, 0.6) is 0 Å². The van der Waals surface area contributed by atoms with E-state index in [1.54, 1.807) is 12.3 Å². The van der Waals surface area contributed by atoms with Gasteiger partial charge in [-0.15, -0.1) is 10.2 Å². The molecule has 1 aromatic rings. The third kappa shape index (κ3) is 1.28. The van der Waals surface area contributed by atoms with Gasteiger partial charge in [0.15, 0.2) is 0 Å². The van der Waals surface area contributed by atoms with E-state index in [-0.39, 0.29) is 5.11 Å². The first-order valence-electron chi connectivity index (χ1n) is 3.14. The van der Waals surface area contributed by atoms with Gasteiger partial charge in [-0.3, -0.25) is 0 Å². The molecule has 0 radical (unpaired) electrons. The molecule has 0 unspecified atom stereocenters. The number of nitrogens with zero attached hydrogens (tertiary/aromatic N) is 3. The van der Waals surface area contributed by atoms with Gasteiger partial charge in [-0.25, -0.2) is 0 Å². The second-order valence-corrected chi connectivity index (χ2v) is 2.95. The van der Waals surface area contributed by atoms with Gasteiger partial charge in [0.2, 0.25) is 10.9 Å². The van der Waals surface area contributed by atoms with E-state index in [0.717, 1.165) is 5.69 Å². The normalized spacial score (nSPS) is 15.4. The van der Waals surface area contributed by atoms with Crippen molar-refractivity contribution in [3.63, 3.8) is 0 Å². The first-order valence-corrected chi connectivity index (χ1v) is 3.93. The average Bonchev–Trinajstić information content (AvgIpc) is 2.58. The van der Waals surface area contributed by atoms with Crippen LogP contribution in [0.15, 0.2) is 27.5 Å². The van der Waals surface area contributed by atoms with E-state index in [1.165, 1.54) is 0 Å². The van der Waals surface area contributed by atoms with Gasteiger partial charge in [-0.1, -0.05) is 11.6 Å². The van der Waals surface area contributed by atoms with Gasteiger partial charge >= 0.3 is 0 Å². The third-order valence-electron chi connectivity index (χ3n) is 1.32. The molecule has 6 heteroatoms. The first-order chi connectivity index (χ1) is 5.75. The highest BCUT2D eigenvalue weighted by Gasteiger charge is 2.10. The summed E-state index contributed by atoms with van der Waals surface area (Å²) in [5.74, 6) is 0.479. The fourth-order valence-electron chi connectivity index (χ4n) is 0.837. The maximum Gasteiger partial charge on any atom is 0.242 e. The lowest BCUT2D eigenvalue weighted by molar-refractivity contribution is 1.32. The Hall–Kier alpha value is -1.07. The summed E-state index contributed by atoms with van der Waals surface area (Å²) in [7, 11) is 0. The van der Waals surface area contributed by atoms with Crippen LogP contribution in [0.1, 0.15) is 5.69 Å². The SMILES string of the molecule is S=C1N=NC(c2cc(Cl)c[nH]2)=N1. The van der Waals surface area contributed by atoms with Crippen LogP contribution in [0.25, 0.3) is 0 Å². The monoisotopic (exact) mass is 198 g/mol. The largest absolute Gasteiger partial charge is 0.357 e. The molecule has 0 fully saturated rings. The van der Waals surface area contributed by atoms with Crippen LogP contribution in [0.2, 0.25) is 5.02 Å². The number of halogens is 1. The van der Waals surface area contributed by atoms with Crippen molar-refractivity contribution in [2.24, 2.45) is 15.2 Å². The van der Waals surface area contributed by atoms with E-state index in [9.17, 15) is 0 Å². The van der Waals surface area contributed by atoms with Crippen LogP contribution in [0, 0.1) is 0 Å². The zero-order valence-corrected chi connectivity index (χ0v) is 7.35. The minimum atomic E-state index is 0.246. The minimum Gasteiger partial charge on any atom is -0.357 e.